The maximum Gasteiger partial charge on any atom is 0.416 e. The van der Waals surface area contributed by atoms with Crippen molar-refractivity contribution in [2.75, 3.05) is 0 Å². The summed E-state index contributed by atoms with van der Waals surface area (Å²) in [6.45, 7) is 15.3. The molecule has 0 spiro atoms. The Labute approximate surface area is 291 Å². The molecule has 1 radical (unpaired) electrons. The first-order valence-corrected chi connectivity index (χ1v) is 15.0. The molecule has 0 aliphatic carbocycles. The number of aryl methyl sites for hydroxylation is 2. The summed E-state index contributed by atoms with van der Waals surface area (Å²) in [6.07, 6.45) is -1.50. The summed E-state index contributed by atoms with van der Waals surface area (Å²) in [6, 6.07) is 17.2. The molecule has 0 saturated heterocycles. The number of fused-ring (bicyclic) bond motifs is 3. The van der Waals surface area contributed by atoms with Crippen molar-refractivity contribution < 1.29 is 52.0 Å². The zero-order valence-electron chi connectivity index (χ0n) is 28.0. The van der Waals surface area contributed by atoms with Gasteiger partial charge in [0, 0.05) is 37.1 Å². The van der Waals surface area contributed by atoms with E-state index in [4.69, 9.17) is 0 Å². The smallest absolute Gasteiger partial charge is 0.416 e. The third-order valence-electron chi connectivity index (χ3n) is 7.67. The number of pyridine rings is 1. The van der Waals surface area contributed by atoms with Crippen molar-refractivity contribution in [3.8, 4) is 22.4 Å². The van der Waals surface area contributed by atoms with E-state index in [1.54, 1.807) is 24.4 Å². The van der Waals surface area contributed by atoms with Gasteiger partial charge in [-0.2, -0.15) is 13.2 Å². The molecule has 255 valence electrons. The molecular formula is C39H38F5IrNO2. The number of alkyl halides is 3. The fourth-order valence-electron chi connectivity index (χ4n) is 4.95. The van der Waals surface area contributed by atoms with E-state index < -0.39 is 23.4 Å². The largest absolute Gasteiger partial charge is 0.511 e. The van der Waals surface area contributed by atoms with Gasteiger partial charge in [-0.05, 0) is 72.5 Å². The van der Waals surface area contributed by atoms with Crippen molar-refractivity contribution in [1.82, 2.24) is 4.98 Å². The summed E-state index contributed by atoms with van der Waals surface area (Å²) < 4.78 is 69.3. The molecule has 4 aromatic carbocycles. The van der Waals surface area contributed by atoms with Crippen LogP contribution < -0.4 is 0 Å². The SMILES string of the molecule is CC(C)(C)C(=[OH+])/C=C(\O)C(C)(C)C.Cc1[c-]c(-c2nccc3c2ccc2c(F)c(-c4ccc(C(F)(F)F)cc4)c(F)cc23)cc(C)c1.[Ir]. The average molecular weight is 840 g/mol. The van der Waals surface area contributed by atoms with Gasteiger partial charge in [0.15, 0.2) is 0 Å². The van der Waals surface area contributed by atoms with Gasteiger partial charge >= 0.3 is 12.0 Å². The van der Waals surface area contributed by atoms with E-state index in [2.05, 4.69) is 11.1 Å². The molecule has 0 aliphatic rings. The first-order chi connectivity index (χ1) is 21.7. The van der Waals surface area contributed by atoms with Gasteiger partial charge in [-0.3, -0.25) is 4.79 Å². The predicted octanol–water partition coefficient (Wildman–Crippen LogP) is 11.5. The molecule has 0 saturated carbocycles. The fourth-order valence-corrected chi connectivity index (χ4v) is 4.95. The van der Waals surface area contributed by atoms with Crippen LogP contribution in [0.25, 0.3) is 43.9 Å². The molecule has 0 amide bonds. The van der Waals surface area contributed by atoms with Crippen LogP contribution in [0.2, 0.25) is 0 Å². The number of nitrogens with zero attached hydrogens (tertiary/aromatic N) is 1. The molecule has 5 aromatic rings. The minimum absolute atomic E-state index is 0. The summed E-state index contributed by atoms with van der Waals surface area (Å²) in [4.78, 5) is 14.1. The monoisotopic (exact) mass is 840 g/mol. The molecule has 0 bridgehead atoms. The number of allylic oxidation sites excluding steroid dienone is 2. The number of halogens is 5. The van der Waals surface area contributed by atoms with Crippen LogP contribution in [0.1, 0.15) is 58.2 Å². The fraction of sp³-hybridized carbons (Fsp3) is 0.282. The molecule has 2 N–H and O–H groups in total. The summed E-state index contributed by atoms with van der Waals surface area (Å²) >= 11 is 0. The van der Waals surface area contributed by atoms with Gasteiger partial charge < -0.3 is 10.1 Å². The van der Waals surface area contributed by atoms with E-state index in [1.807, 2.05) is 67.5 Å². The normalized spacial score (nSPS) is 12.4. The van der Waals surface area contributed by atoms with Crippen LogP contribution in [0.15, 0.2) is 78.7 Å². The topological polar surface area (TPSA) is 54.5 Å². The van der Waals surface area contributed by atoms with E-state index in [0.717, 1.165) is 46.3 Å². The Kier molecular flexibility index (Phi) is 11.4. The van der Waals surface area contributed by atoms with Gasteiger partial charge in [0.1, 0.15) is 17.4 Å². The van der Waals surface area contributed by atoms with Gasteiger partial charge in [0.25, 0.3) is 0 Å². The van der Waals surface area contributed by atoms with Crippen molar-refractivity contribution >= 4 is 27.3 Å². The minimum atomic E-state index is -4.53. The number of benzene rings is 4. The number of rotatable bonds is 3. The summed E-state index contributed by atoms with van der Waals surface area (Å²) in [5.74, 6) is -1.26. The average Bonchev–Trinajstić information content (AvgIpc) is 2.95. The maximum absolute atomic E-state index is 15.5. The third-order valence-corrected chi connectivity index (χ3v) is 7.67. The molecule has 0 atom stereocenters. The molecule has 48 heavy (non-hydrogen) atoms. The van der Waals surface area contributed by atoms with Crippen molar-refractivity contribution in [2.24, 2.45) is 10.8 Å². The van der Waals surface area contributed by atoms with Crippen molar-refractivity contribution in [3.05, 3.63) is 113 Å². The zero-order valence-corrected chi connectivity index (χ0v) is 30.4. The van der Waals surface area contributed by atoms with Crippen LogP contribution in [-0.2, 0) is 26.3 Å². The van der Waals surface area contributed by atoms with Crippen LogP contribution in [0.4, 0.5) is 22.0 Å². The van der Waals surface area contributed by atoms with Crippen molar-refractivity contribution in [3.63, 3.8) is 0 Å². The van der Waals surface area contributed by atoms with Crippen LogP contribution in [0.5, 0.6) is 0 Å². The van der Waals surface area contributed by atoms with Gasteiger partial charge in [-0.25, -0.2) is 8.78 Å². The Balaban J connectivity index is 0.000000382. The first kappa shape index (κ1) is 38.5. The Bertz CT molecular complexity index is 1980. The quantitative estimate of drug-likeness (QED) is 0.0491. The zero-order chi connectivity index (χ0) is 35.1. The Morgan fingerprint density at radius 2 is 1.40 bits per heavy atom. The van der Waals surface area contributed by atoms with Gasteiger partial charge in [-0.15, -0.1) is 34.9 Å². The molecule has 3 nitrogen and oxygen atoms in total. The van der Waals surface area contributed by atoms with E-state index in [9.17, 15) is 23.1 Å². The first-order valence-electron chi connectivity index (χ1n) is 15.0. The van der Waals surface area contributed by atoms with E-state index in [0.29, 0.717) is 16.5 Å². The number of ketones is 1. The number of aliphatic hydroxyl groups is 1. The van der Waals surface area contributed by atoms with Gasteiger partial charge in [0.2, 0.25) is 0 Å². The molecule has 1 heterocycles. The van der Waals surface area contributed by atoms with E-state index in [-0.39, 0.29) is 59.0 Å². The van der Waals surface area contributed by atoms with E-state index in [1.165, 1.54) is 12.1 Å². The number of hydrogen-bond acceptors (Lipinski definition) is 2. The van der Waals surface area contributed by atoms with E-state index >= 15 is 8.78 Å². The van der Waals surface area contributed by atoms with Gasteiger partial charge in [0.05, 0.1) is 22.6 Å². The summed E-state index contributed by atoms with van der Waals surface area (Å²) in [5, 5.41) is 11.5. The molecule has 0 aliphatic heterocycles. The second-order valence-electron chi connectivity index (χ2n) is 13.7. The standard InChI is InChI=1S/C28H17F5N.C11H20O2.Ir/c1-15-11-16(2)13-18(12-15)27-22-8-7-21-23(20(22)9-10-34-27)14-24(29)25(26(21)30)17-3-5-19(6-4-17)28(31,32)33;1-10(2,3)8(12)7-9(13)11(4,5)6;/h3-12,14H,1-2H3;7,12H,1-6H3;/q-1;;/p+1/b;8-7-;. The summed E-state index contributed by atoms with van der Waals surface area (Å²) in [5.41, 5.74) is 1.61. The minimum Gasteiger partial charge on any atom is -0.511 e. The van der Waals surface area contributed by atoms with Crippen molar-refractivity contribution in [1.29, 1.82) is 0 Å². The van der Waals surface area contributed by atoms with Crippen LogP contribution in [-0.4, -0.2) is 20.7 Å². The number of aliphatic hydroxyl groups excluding tert-OH is 1. The predicted molar refractivity (Wildman–Crippen MR) is 180 cm³/mol. The summed E-state index contributed by atoms with van der Waals surface area (Å²) in [7, 11) is 0. The molecule has 9 heteroatoms. The molecule has 5 rings (SSSR count). The number of hydrogen-bond donors (Lipinski definition) is 1. The molecule has 0 fully saturated rings. The van der Waals surface area contributed by atoms with Crippen LogP contribution in [0, 0.1) is 42.4 Å². The van der Waals surface area contributed by atoms with Gasteiger partial charge in [-0.1, -0.05) is 58.9 Å². The Morgan fingerprint density at radius 3 is 1.94 bits per heavy atom. The Morgan fingerprint density at radius 1 is 0.792 bits per heavy atom. The van der Waals surface area contributed by atoms with Crippen LogP contribution in [0.3, 0.4) is 0 Å². The van der Waals surface area contributed by atoms with Crippen LogP contribution >= 0.6 is 0 Å². The Hall–Kier alpha value is -3.94. The van der Waals surface area contributed by atoms with Crippen molar-refractivity contribution in [2.45, 2.75) is 61.6 Å². The maximum atomic E-state index is 15.5. The molecular weight excluding hydrogens is 802 g/mol. The number of aromatic nitrogens is 1. The number of carbonyl (C=O) groups excluding carboxylic acids is 1. The third kappa shape index (κ3) is 8.55. The second-order valence-corrected chi connectivity index (χ2v) is 13.7. The molecule has 1 aromatic heterocycles. The second kappa shape index (κ2) is 14.3. The molecule has 0 unspecified atom stereocenters.